The molecule has 0 unspecified atom stereocenters. The number of furan rings is 1. The van der Waals surface area contributed by atoms with Crippen molar-refractivity contribution in [2.24, 2.45) is 0 Å². The average molecular weight is 342 g/mol. The Morgan fingerprint density at radius 1 is 1.29 bits per heavy atom. The first-order valence-electron chi connectivity index (χ1n) is 7.59. The minimum Gasteiger partial charge on any atom is -0.618 e. The second-order valence-corrected chi connectivity index (χ2v) is 6.52. The van der Waals surface area contributed by atoms with Crippen molar-refractivity contribution in [1.29, 1.82) is 0 Å². The number of Topliss-reactive ketones (excluding diaryl/α,β-unsaturated/α-hetero) is 1. The molecule has 3 aromatic rings. The molecule has 3 aromatic heterocycles. The van der Waals surface area contributed by atoms with Crippen LogP contribution in [0.4, 0.5) is 0 Å². The Labute approximate surface area is 144 Å². The second-order valence-electron chi connectivity index (χ2n) is 5.53. The van der Waals surface area contributed by atoms with Crippen LogP contribution in [0.5, 0.6) is 0 Å². The average Bonchev–Trinajstić information content (AvgIpc) is 3.17. The molecule has 0 bridgehead atoms. The Morgan fingerprint density at radius 3 is 2.83 bits per heavy atom. The van der Waals surface area contributed by atoms with E-state index in [0.717, 1.165) is 21.9 Å². The Kier molecular flexibility index (Phi) is 4.76. The van der Waals surface area contributed by atoms with Crippen molar-refractivity contribution in [2.75, 3.05) is 5.75 Å². The SMILES string of the molecule is Cc1cc(C(=O)CSc2cccc[n+]2[O-])c(C)n1Cc1ccco1. The molecule has 0 saturated carbocycles. The summed E-state index contributed by atoms with van der Waals surface area (Å²) in [6.07, 6.45) is 3.08. The predicted octanol–water partition coefficient (Wildman–Crippen LogP) is 3.35. The molecule has 3 heterocycles. The van der Waals surface area contributed by atoms with E-state index in [-0.39, 0.29) is 11.5 Å². The van der Waals surface area contributed by atoms with Crippen molar-refractivity contribution in [3.8, 4) is 0 Å². The van der Waals surface area contributed by atoms with Crippen LogP contribution in [0.2, 0.25) is 0 Å². The fourth-order valence-electron chi connectivity index (χ4n) is 2.63. The van der Waals surface area contributed by atoms with Crippen LogP contribution < -0.4 is 4.73 Å². The zero-order chi connectivity index (χ0) is 17.1. The molecule has 6 heteroatoms. The Balaban J connectivity index is 1.74. The third-order valence-electron chi connectivity index (χ3n) is 3.91. The molecular weight excluding hydrogens is 324 g/mol. The zero-order valence-electron chi connectivity index (χ0n) is 13.6. The molecule has 0 aromatic carbocycles. The second kappa shape index (κ2) is 6.97. The van der Waals surface area contributed by atoms with E-state index < -0.39 is 0 Å². The van der Waals surface area contributed by atoms with Crippen molar-refractivity contribution in [3.63, 3.8) is 0 Å². The van der Waals surface area contributed by atoms with E-state index in [1.165, 1.54) is 18.0 Å². The van der Waals surface area contributed by atoms with Gasteiger partial charge in [0.25, 0.3) is 5.03 Å². The molecule has 124 valence electrons. The molecule has 3 rings (SSSR count). The monoisotopic (exact) mass is 342 g/mol. The van der Waals surface area contributed by atoms with E-state index in [9.17, 15) is 10.0 Å². The molecule has 0 N–H and O–H groups in total. The number of rotatable bonds is 6. The highest BCUT2D eigenvalue weighted by atomic mass is 32.2. The lowest BCUT2D eigenvalue weighted by Crippen LogP contribution is -2.28. The van der Waals surface area contributed by atoms with Gasteiger partial charge in [0.05, 0.1) is 18.6 Å². The van der Waals surface area contributed by atoms with Crippen molar-refractivity contribution in [3.05, 3.63) is 76.8 Å². The summed E-state index contributed by atoms with van der Waals surface area (Å²) in [6.45, 7) is 4.51. The number of carbonyl (C=O) groups is 1. The van der Waals surface area contributed by atoms with E-state index in [2.05, 4.69) is 4.57 Å². The molecule has 0 atom stereocenters. The molecule has 0 amide bonds. The van der Waals surface area contributed by atoms with Gasteiger partial charge in [-0.15, -0.1) is 0 Å². The zero-order valence-corrected chi connectivity index (χ0v) is 14.4. The summed E-state index contributed by atoms with van der Waals surface area (Å²) in [5.74, 6) is 1.10. The number of pyridine rings is 1. The Bertz CT molecular complexity index is 853. The van der Waals surface area contributed by atoms with E-state index in [1.54, 1.807) is 24.5 Å². The number of nitrogens with zero attached hydrogens (tertiary/aromatic N) is 2. The lowest BCUT2D eigenvalue weighted by atomic mass is 10.2. The van der Waals surface area contributed by atoms with Crippen molar-refractivity contribution >= 4 is 17.5 Å². The van der Waals surface area contributed by atoms with Crippen molar-refractivity contribution in [1.82, 2.24) is 4.57 Å². The maximum atomic E-state index is 12.5. The van der Waals surface area contributed by atoms with Crippen LogP contribution >= 0.6 is 11.8 Å². The minimum absolute atomic E-state index is 0.0163. The van der Waals surface area contributed by atoms with Crippen LogP contribution in [0.3, 0.4) is 0 Å². The fraction of sp³-hybridized carbons (Fsp3) is 0.222. The molecule has 5 nitrogen and oxygen atoms in total. The van der Waals surface area contributed by atoms with E-state index in [0.29, 0.717) is 17.1 Å². The number of hydrogen-bond donors (Lipinski definition) is 0. The van der Waals surface area contributed by atoms with Gasteiger partial charge in [0.1, 0.15) is 5.76 Å². The third-order valence-corrected chi connectivity index (χ3v) is 4.93. The largest absolute Gasteiger partial charge is 0.618 e. The topological polar surface area (TPSA) is 62.1 Å². The van der Waals surface area contributed by atoms with Crippen LogP contribution in [-0.2, 0) is 6.54 Å². The highest BCUT2D eigenvalue weighted by Crippen LogP contribution is 2.21. The standard InChI is InChI=1S/C18H18N2O3S/c1-13-10-16(14(2)19(13)11-15-6-5-9-23-15)17(21)12-24-18-7-3-4-8-20(18)22/h3-10H,11-12H2,1-2H3. The van der Waals surface area contributed by atoms with Gasteiger partial charge in [-0.3, -0.25) is 4.79 Å². The van der Waals surface area contributed by atoms with Crippen LogP contribution in [0.1, 0.15) is 27.5 Å². The fourth-order valence-corrected chi connectivity index (χ4v) is 3.42. The summed E-state index contributed by atoms with van der Waals surface area (Å²) in [5, 5.41) is 12.2. The molecule has 0 fully saturated rings. The van der Waals surface area contributed by atoms with Crippen LogP contribution in [0.15, 0.2) is 58.3 Å². The normalized spacial score (nSPS) is 10.9. The highest BCUT2D eigenvalue weighted by Gasteiger charge is 2.18. The molecule has 0 spiro atoms. The van der Waals surface area contributed by atoms with E-state index in [4.69, 9.17) is 4.42 Å². The summed E-state index contributed by atoms with van der Waals surface area (Å²) < 4.78 is 8.23. The molecule has 0 radical (unpaired) electrons. The van der Waals surface area contributed by atoms with Crippen molar-refractivity contribution in [2.45, 2.75) is 25.4 Å². The molecular formula is C18H18N2O3S. The van der Waals surface area contributed by atoms with Gasteiger partial charge < -0.3 is 14.2 Å². The predicted molar refractivity (Wildman–Crippen MR) is 92.2 cm³/mol. The number of ketones is 1. The van der Waals surface area contributed by atoms with Crippen LogP contribution in [-0.4, -0.2) is 16.1 Å². The summed E-state index contributed by atoms with van der Waals surface area (Å²) in [4.78, 5) is 12.5. The summed E-state index contributed by atoms with van der Waals surface area (Å²) in [7, 11) is 0. The molecule has 24 heavy (non-hydrogen) atoms. The van der Waals surface area contributed by atoms with Gasteiger partial charge in [-0.1, -0.05) is 0 Å². The summed E-state index contributed by atoms with van der Waals surface area (Å²) in [6, 6.07) is 10.8. The van der Waals surface area contributed by atoms with Crippen molar-refractivity contribution < 1.29 is 13.9 Å². The number of thioether (sulfide) groups is 1. The smallest absolute Gasteiger partial charge is 0.251 e. The first kappa shape index (κ1) is 16.4. The third kappa shape index (κ3) is 3.38. The van der Waals surface area contributed by atoms with E-state index >= 15 is 0 Å². The van der Waals surface area contributed by atoms with Gasteiger partial charge in [0.15, 0.2) is 12.0 Å². The maximum Gasteiger partial charge on any atom is 0.251 e. The van der Waals surface area contributed by atoms with Crippen LogP contribution in [0, 0.1) is 19.1 Å². The maximum absolute atomic E-state index is 12.5. The lowest BCUT2D eigenvalue weighted by molar-refractivity contribution is -0.645. The minimum atomic E-state index is 0.0163. The number of aryl methyl sites for hydroxylation is 1. The first-order chi connectivity index (χ1) is 11.6. The number of aromatic nitrogens is 2. The van der Waals surface area contributed by atoms with E-state index in [1.807, 2.05) is 32.0 Å². The lowest BCUT2D eigenvalue weighted by Gasteiger charge is -2.08. The molecule has 0 aliphatic carbocycles. The first-order valence-corrected chi connectivity index (χ1v) is 8.58. The Hall–Kier alpha value is -2.47. The number of carbonyl (C=O) groups excluding carboxylic acids is 1. The summed E-state index contributed by atoms with van der Waals surface area (Å²) in [5.41, 5.74) is 2.62. The summed E-state index contributed by atoms with van der Waals surface area (Å²) >= 11 is 1.25. The quantitative estimate of drug-likeness (QED) is 0.298. The molecule has 0 aliphatic rings. The highest BCUT2D eigenvalue weighted by molar-refractivity contribution is 7.99. The molecule has 0 saturated heterocycles. The van der Waals surface area contributed by atoms with Gasteiger partial charge in [-0.2, -0.15) is 4.73 Å². The van der Waals surface area contributed by atoms with Crippen LogP contribution in [0.25, 0.3) is 0 Å². The van der Waals surface area contributed by atoms with Gasteiger partial charge in [0, 0.05) is 29.1 Å². The molecule has 0 aliphatic heterocycles. The van der Waals surface area contributed by atoms with Gasteiger partial charge in [0.2, 0.25) is 0 Å². The van der Waals surface area contributed by atoms with Gasteiger partial charge in [-0.05, 0) is 49.9 Å². The number of hydrogen-bond acceptors (Lipinski definition) is 4. The Morgan fingerprint density at radius 2 is 2.12 bits per heavy atom. The van der Waals surface area contributed by atoms with Gasteiger partial charge in [-0.25, -0.2) is 0 Å². The van der Waals surface area contributed by atoms with Gasteiger partial charge >= 0.3 is 0 Å².